The van der Waals surface area contributed by atoms with Crippen LogP contribution in [-0.4, -0.2) is 23.7 Å². The van der Waals surface area contributed by atoms with Crippen molar-refractivity contribution >= 4 is 5.95 Å². The summed E-state index contributed by atoms with van der Waals surface area (Å²) in [4.78, 5) is 7.98. The van der Waals surface area contributed by atoms with Gasteiger partial charge in [-0.1, -0.05) is 12.1 Å². The van der Waals surface area contributed by atoms with E-state index in [2.05, 4.69) is 15.4 Å². The highest BCUT2D eigenvalue weighted by Gasteiger charge is 2.01. The molecule has 19 heavy (non-hydrogen) atoms. The van der Waals surface area contributed by atoms with Crippen molar-refractivity contribution in [3.8, 4) is 11.6 Å². The topological polar surface area (TPSA) is 82.3 Å². The maximum absolute atomic E-state index is 5.60. The highest BCUT2D eigenvalue weighted by Crippen LogP contribution is 2.20. The quantitative estimate of drug-likeness (QED) is 0.608. The molecule has 6 heteroatoms. The van der Waals surface area contributed by atoms with Crippen LogP contribution >= 0.6 is 0 Å². The Morgan fingerprint density at radius 3 is 2.68 bits per heavy atom. The Kier molecular flexibility index (Phi) is 4.66. The van der Waals surface area contributed by atoms with Gasteiger partial charge >= 0.3 is 0 Å². The second kappa shape index (κ2) is 6.67. The zero-order valence-electron chi connectivity index (χ0n) is 10.7. The van der Waals surface area contributed by atoms with E-state index in [0.29, 0.717) is 24.2 Å². The molecule has 0 spiro atoms. The summed E-state index contributed by atoms with van der Waals surface area (Å²) in [7, 11) is 1.69. The molecule has 2 aromatic rings. The maximum Gasteiger partial charge on any atom is 0.240 e. The molecule has 0 atom stereocenters. The van der Waals surface area contributed by atoms with Gasteiger partial charge in [0.2, 0.25) is 11.8 Å². The highest BCUT2D eigenvalue weighted by atomic mass is 16.5. The Hall–Kier alpha value is -2.18. The van der Waals surface area contributed by atoms with Gasteiger partial charge in [-0.25, -0.2) is 10.8 Å². The predicted octanol–water partition coefficient (Wildman–Crippen LogP) is 1.74. The van der Waals surface area contributed by atoms with E-state index in [-0.39, 0.29) is 0 Å². The van der Waals surface area contributed by atoms with Gasteiger partial charge in [0.15, 0.2) is 0 Å². The lowest BCUT2D eigenvalue weighted by Gasteiger charge is -2.06. The predicted molar refractivity (Wildman–Crippen MR) is 71.9 cm³/mol. The minimum atomic E-state index is 0.314. The van der Waals surface area contributed by atoms with Gasteiger partial charge in [-0.15, -0.1) is 0 Å². The van der Waals surface area contributed by atoms with E-state index in [1.54, 1.807) is 19.4 Å². The lowest BCUT2D eigenvalue weighted by molar-refractivity contribution is 0.202. The number of benzene rings is 1. The van der Waals surface area contributed by atoms with E-state index in [9.17, 15) is 0 Å². The Balaban J connectivity index is 2.02. The molecular formula is C13H16N4O2. The van der Waals surface area contributed by atoms with E-state index in [4.69, 9.17) is 15.3 Å². The molecule has 0 saturated heterocycles. The average Bonchev–Trinajstić information content (AvgIpc) is 2.47. The molecule has 0 amide bonds. The number of nitrogen functional groups attached to an aromatic ring is 1. The molecule has 0 aliphatic carbocycles. The molecule has 0 radical (unpaired) electrons. The minimum absolute atomic E-state index is 0.314. The smallest absolute Gasteiger partial charge is 0.240 e. The molecule has 0 unspecified atom stereocenters. The Morgan fingerprint density at radius 1 is 1.21 bits per heavy atom. The third-order valence-corrected chi connectivity index (χ3v) is 2.50. The first kappa shape index (κ1) is 13.3. The zero-order valence-corrected chi connectivity index (χ0v) is 10.7. The van der Waals surface area contributed by atoms with Gasteiger partial charge < -0.3 is 9.47 Å². The molecule has 6 nitrogen and oxygen atoms in total. The van der Waals surface area contributed by atoms with Crippen molar-refractivity contribution in [3.63, 3.8) is 0 Å². The number of nitrogens with two attached hydrogens (primary N) is 1. The third kappa shape index (κ3) is 3.90. The molecule has 2 rings (SSSR count). The first-order valence-corrected chi connectivity index (χ1v) is 5.87. The van der Waals surface area contributed by atoms with Crippen LogP contribution in [0.25, 0.3) is 0 Å². The summed E-state index contributed by atoms with van der Waals surface area (Å²) >= 11 is 0. The van der Waals surface area contributed by atoms with Crippen LogP contribution in [0.4, 0.5) is 5.95 Å². The number of hydrogen-bond acceptors (Lipinski definition) is 6. The van der Waals surface area contributed by atoms with Gasteiger partial charge in [-0.2, -0.15) is 4.98 Å². The number of hydrogen-bond donors (Lipinski definition) is 2. The van der Waals surface area contributed by atoms with Crippen molar-refractivity contribution in [2.24, 2.45) is 5.84 Å². The second-order valence-electron chi connectivity index (χ2n) is 3.85. The molecule has 0 aliphatic rings. The van der Waals surface area contributed by atoms with Crippen LogP contribution in [0.2, 0.25) is 0 Å². The minimum Gasteiger partial charge on any atom is -0.439 e. The van der Waals surface area contributed by atoms with Crippen LogP contribution in [0.3, 0.4) is 0 Å². The van der Waals surface area contributed by atoms with E-state index in [1.807, 2.05) is 24.3 Å². The van der Waals surface area contributed by atoms with Crippen LogP contribution in [0.15, 0.2) is 36.5 Å². The summed E-state index contributed by atoms with van der Waals surface area (Å²) in [5.74, 6) is 6.70. The molecule has 0 bridgehead atoms. The monoisotopic (exact) mass is 260 g/mol. The number of aromatic nitrogens is 2. The van der Waals surface area contributed by atoms with Gasteiger partial charge in [-0.3, -0.25) is 5.43 Å². The Bertz CT molecular complexity index is 516. The molecule has 0 fully saturated rings. The molecule has 1 aromatic carbocycles. The third-order valence-electron chi connectivity index (χ3n) is 2.50. The largest absolute Gasteiger partial charge is 0.439 e. The molecule has 100 valence electrons. The summed E-state index contributed by atoms with van der Waals surface area (Å²) in [6.45, 7) is 0.706. The van der Waals surface area contributed by atoms with E-state index in [0.717, 1.165) is 6.42 Å². The van der Waals surface area contributed by atoms with Crippen LogP contribution in [-0.2, 0) is 11.2 Å². The number of anilines is 1. The van der Waals surface area contributed by atoms with E-state index < -0.39 is 0 Å². The van der Waals surface area contributed by atoms with Crippen LogP contribution in [0.1, 0.15) is 5.56 Å². The number of ether oxygens (including phenoxy) is 2. The molecule has 3 N–H and O–H groups in total. The lowest BCUT2D eigenvalue weighted by atomic mass is 10.1. The number of methoxy groups -OCH3 is 1. The number of rotatable bonds is 6. The van der Waals surface area contributed by atoms with Crippen molar-refractivity contribution in [1.29, 1.82) is 0 Å². The van der Waals surface area contributed by atoms with Gasteiger partial charge in [-0.05, 0) is 24.1 Å². The SMILES string of the molecule is COCCc1ccc(Oc2ccnc(NN)n2)cc1. The van der Waals surface area contributed by atoms with Crippen molar-refractivity contribution < 1.29 is 9.47 Å². The first-order valence-electron chi connectivity index (χ1n) is 5.87. The molecule has 1 aromatic heterocycles. The summed E-state index contributed by atoms with van der Waals surface area (Å²) in [6, 6.07) is 9.44. The van der Waals surface area contributed by atoms with E-state index in [1.165, 1.54) is 5.56 Å². The number of nitrogens with one attached hydrogen (secondary N) is 1. The molecule has 0 aliphatic heterocycles. The summed E-state index contributed by atoms with van der Waals surface area (Å²) in [5.41, 5.74) is 3.56. The van der Waals surface area contributed by atoms with Crippen LogP contribution in [0, 0.1) is 0 Å². The van der Waals surface area contributed by atoms with Gasteiger partial charge in [0.1, 0.15) is 5.75 Å². The molecule has 0 saturated carbocycles. The van der Waals surface area contributed by atoms with Crippen molar-refractivity contribution in [2.45, 2.75) is 6.42 Å². The van der Waals surface area contributed by atoms with Gasteiger partial charge in [0.05, 0.1) is 6.61 Å². The Labute approximate surface area is 111 Å². The van der Waals surface area contributed by atoms with Crippen molar-refractivity contribution in [1.82, 2.24) is 9.97 Å². The number of hydrazine groups is 1. The zero-order chi connectivity index (χ0) is 13.5. The Morgan fingerprint density at radius 2 is 2.00 bits per heavy atom. The van der Waals surface area contributed by atoms with Crippen LogP contribution < -0.4 is 16.0 Å². The molecule has 1 heterocycles. The van der Waals surface area contributed by atoms with Crippen LogP contribution in [0.5, 0.6) is 11.6 Å². The maximum atomic E-state index is 5.60. The fraction of sp³-hybridized carbons (Fsp3) is 0.231. The normalized spacial score (nSPS) is 10.2. The summed E-state index contributed by atoms with van der Waals surface area (Å²) in [5, 5.41) is 0. The van der Waals surface area contributed by atoms with Crippen molar-refractivity contribution in [3.05, 3.63) is 42.1 Å². The first-order chi connectivity index (χ1) is 9.31. The summed E-state index contributed by atoms with van der Waals surface area (Å²) in [6.07, 6.45) is 2.45. The molecular weight excluding hydrogens is 244 g/mol. The van der Waals surface area contributed by atoms with Crippen molar-refractivity contribution in [2.75, 3.05) is 19.1 Å². The van der Waals surface area contributed by atoms with Gasteiger partial charge in [0.25, 0.3) is 0 Å². The lowest BCUT2D eigenvalue weighted by Crippen LogP contribution is -2.10. The summed E-state index contributed by atoms with van der Waals surface area (Å²) < 4.78 is 10.6. The standard InChI is InChI=1S/C13H16N4O2/c1-18-9-7-10-2-4-11(5-3-10)19-12-6-8-15-13(16-12)17-14/h2-6,8H,7,9,14H2,1H3,(H,15,16,17). The van der Waals surface area contributed by atoms with Gasteiger partial charge in [0, 0.05) is 19.4 Å². The second-order valence-corrected chi connectivity index (χ2v) is 3.85. The average molecular weight is 260 g/mol. The fourth-order valence-corrected chi connectivity index (χ4v) is 1.53. The fourth-order valence-electron chi connectivity index (χ4n) is 1.53. The van der Waals surface area contributed by atoms with E-state index >= 15 is 0 Å². The highest BCUT2D eigenvalue weighted by molar-refractivity contribution is 5.32. The number of nitrogens with zero attached hydrogens (tertiary/aromatic N) is 2.